The maximum absolute atomic E-state index is 11.0. The lowest BCUT2D eigenvalue weighted by Gasteiger charge is -2.25. The lowest BCUT2D eigenvalue weighted by atomic mass is 9.92. The number of carbonyl (C=O) groups excluding carboxylic acids is 1. The van der Waals surface area contributed by atoms with Crippen LogP contribution in [0.4, 0.5) is 0 Å². The summed E-state index contributed by atoms with van der Waals surface area (Å²) >= 11 is 0. The van der Waals surface area contributed by atoms with Crippen LogP contribution in [0.15, 0.2) is 11.4 Å². The van der Waals surface area contributed by atoms with Crippen LogP contribution in [0.3, 0.4) is 0 Å². The molecule has 0 bridgehead atoms. The molecule has 0 aromatic heterocycles. The second-order valence-corrected chi connectivity index (χ2v) is 5.34. The normalized spacial score (nSPS) is 18.8. The molecule has 1 saturated carbocycles. The van der Waals surface area contributed by atoms with Gasteiger partial charge in [0.15, 0.2) is 0 Å². The van der Waals surface area contributed by atoms with Crippen LogP contribution in [0.5, 0.6) is 0 Å². The highest BCUT2D eigenvalue weighted by Crippen LogP contribution is 2.23. The van der Waals surface area contributed by atoms with E-state index >= 15 is 0 Å². The van der Waals surface area contributed by atoms with Crippen molar-refractivity contribution in [3.8, 4) is 0 Å². The van der Waals surface area contributed by atoms with E-state index < -0.39 is 0 Å². The number of nitrogens with zero attached hydrogens (tertiary/aromatic N) is 1. The van der Waals surface area contributed by atoms with Gasteiger partial charge < -0.3 is 15.6 Å². The fourth-order valence-corrected chi connectivity index (χ4v) is 2.14. The van der Waals surface area contributed by atoms with Crippen LogP contribution >= 0.6 is 0 Å². The third-order valence-corrected chi connectivity index (χ3v) is 3.28. The lowest BCUT2D eigenvalue weighted by molar-refractivity contribution is -0.115. The summed E-state index contributed by atoms with van der Waals surface area (Å²) in [7, 11) is 1.75. The number of hydrogen-bond donors (Lipinski definition) is 2. The van der Waals surface area contributed by atoms with Gasteiger partial charge in [-0.1, -0.05) is 13.8 Å². The average molecular weight is 251 g/mol. The van der Waals surface area contributed by atoms with Crippen LogP contribution in [0.1, 0.15) is 46.0 Å². The van der Waals surface area contributed by atoms with Crippen molar-refractivity contribution in [1.82, 2.24) is 10.2 Å². The van der Waals surface area contributed by atoms with Crippen molar-refractivity contribution in [2.24, 2.45) is 5.92 Å². The Labute approximate surface area is 110 Å². The predicted molar refractivity (Wildman–Crippen MR) is 74.5 cm³/mol. The highest BCUT2D eigenvalue weighted by Gasteiger charge is 2.18. The molecule has 0 saturated heterocycles. The fraction of sp³-hybridized carbons (Fsp3) is 0.714. The van der Waals surface area contributed by atoms with Gasteiger partial charge >= 0.3 is 0 Å². The van der Waals surface area contributed by atoms with E-state index in [9.17, 15) is 4.79 Å². The van der Waals surface area contributed by atoms with Crippen molar-refractivity contribution < 1.29 is 4.79 Å². The summed E-state index contributed by atoms with van der Waals surface area (Å²) in [5, 5.41) is 11.4. The van der Waals surface area contributed by atoms with Crippen LogP contribution in [0.25, 0.3) is 0 Å². The molecule has 2 N–H and O–H groups in total. The van der Waals surface area contributed by atoms with Gasteiger partial charge in [-0.05, 0) is 38.0 Å². The molecule has 1 rings (SSSR count). The number of hydrogen-bond acceptors (Lipinski definition) is 3. The molecule has 1 fully saturated rings. The SMILES string of the molecule is CC(C)CCN/C(=C1/CCCCC1=N)N(C)C=O. The second kappa shape index (κ2) is 7.19. The van der Waals surface area contributed by atoms with Crippen LogP contribution in [0, 0.1) is 11.3 Å². The Morgan fingerprint density at radius 3 is 2.67 bits per heavy atom. The van der Waals surface area contributed by atoms with E-state index in [0.29, 0.717) is 11.6 Å². The summed E-state index contributed by atoms with van der Waals surface area (Å²) in [5.74, 6) is 1.46. The van der Waals surface area contributed by atoms with Crippen molar-refractivity contribution >= 4 is 12.1 Å². The van der Waals surface area contributed by atoms with Gasteiger partial charge in [0.25, 0.3) is 0 Å². The monoisotopic (exact) mass is 251 g/mol. The molecule has 0 unspecified atom stereocenters. The van der Waals surface area contributed by atoms with Crippen molar-refractivity contribution in [3.63, 3.8) is 0 Å². The Bertz CT molecular complexity index is 334. The molecule has 1 aliphatic carbocycles. The van der Waals surface area contributed by atoms with E-state index in [0.717, 1.165) is 56.5 Å². The first-order valence-corrected chi connectivity index (χ1v) is 6.79. The Hall–Kier alpha value is -1.32. The molecule has 0 radical (unpaired) electrons. The van der Waals surface area contributed by atoms with Gasteiger partial charge in [0.05, 0.1) is 0 Å². The predicted octanol–water partition coefficient (Wildman–Crippen LogP) is 2.52. The molecule has 0 aliphatic heterocycles. The molecule has 0 heterocycles. The Balaban J connectivity index is 2.79. The molecule has 0 spiro atoms. The van der Waals surface area contributed by atoms with Crippen LogP contribution in [-0.2, 0) is 4.79 Å². The zero-order chi connectivity index (χ0) is 13.5. The summed E-state index contributed by atoms with van der Waals surface area (Å²) in [4.78, 5) is 12.5. The fourth-order valence-electron chi connectivity index (χ4n) is 2.14. The standard InChI is InChI=1S/C14H25N3O/c1-11(2)8-9-16-14(17(3)10-18)12-6-4-5-7-13(12)15/h10-11,15-16H,4-9H2,1-3H3/b14-12+,15-13?. The molecule has 0 atom stereocenters. The van der Waals surface area contributed by atoms with Crippen molar-refractivity contribution in [3.05, 3.63) is 11.4 Å². The van der Waals surface area contributed by atoms with Crippen LogP contribution in [-0.4, -0.2) is 30.6 Å². The molecule has 18 heavy (non-hydrogen) atoms. The van der Waals surface area contributed by atoms with Crippen molar-refractivity contribution in [2.75, 3.05) is 13.6 Å². The smallest absolute Gasteiger partial charge is 0.214 e. The molecule has 4 heteroatoms. The Kier molecular flexibility index (Phi) is 5.89. The third kappa shape index (κ3) is 4.17. The molecule has 4 nitrogen and oxygen atoms in total. The summed E-state index contributed by atoms with van der Waals surface area (Å²) in [6, 6.07) is 0. The minimum Gasteiger partial charge on any atom is -0.371 e. The Morgan fingerprint density at radius 2 is 2.11 bits per heavy atom. The number of allylic oxidation sites excluding steroid dienone is 1. The molecule has 0 aromatic rings. The quantitative estimate of drug-likeness (QED) is 0.713. The maximum atomic E-state index is 11.0. The second-order valence-electron chi connectivity index (χ2n) is 5.34. The average Bonchev–Trinajstić information content (AvgIpc) is 2.35. The Morgan fingerprint density at radius 1 is 1.44 bits per heavy atom. The summed E-state index contributed by atoms with van der Waals surface area (Å²) in [5.41, 5.74) is 1.70. The minimum absolute atomic E-state index is 0.635. The van der Waals surface area contributed by atoms with Crippen LogP contribution < -0.4 is 5.32 Å². The summed E-state index contributed by atoms with van der Waals surface area (Å²) < 4.78 is 0. The lowest BCUT2D eigenvalue weighted by Crippen LogP contribution is -2.32. The summed E-state index contributed by atoms with van der Waals surface area (Å²) in [6.45, 7) is 5.21. The van der Waals surface area contributed by atoms with Gasteiger partial charge in [-0.2, -0.15) is 0 Å². The first kappa shape index (κ1) is 14.7. The van der Waals surface area contributed by atoms with E-state index in [-0.39, 0.29) is 0 Å². The first-order chi connectivity index (χ1) is 8.56. The molecule has 0 aromatic carbocycles. The molecular weight excluding hydrogens is 226 g/mol. The summed E-state index contributed by atoms with van der Waals surface area (Å²) in [6.07, 6.45) is 5.81. The first-order valence-electron chi connectivity index (χ1n) is 6.79. The van der Waals surface area contributed by atoms with E-state index in [1.165, 1.54) is 0 Å². The highest BCUT2D eigenvalue weighted by molar-refractivity contribution is 5.99. The zero-order valence-corrected chi connectivity index (χ0v) is 11.8. The van der Waals surface area contributed by atoms with E-state index in [1.807, 2.05) is 0 Å². The van der Waals surface area contributed by atoms with E-state index in [4.69, 9.17) is 5.41 Å². The number of amides is 1. The van der Waals surface area contributed by atoms with E-state index in [2.05, 4.69) is 19.2 Å². The van der Waals surface area contributed by atoms with Gasteiger partial charge in [0.1, 0.15) is 5.82 Å². The maximum Gasteiger partial charge on any atom is 0.214 e. The molecule has 1 amide bonds. The van der Waals surface area contributed by atoms with Crippen molar-refractivity contribution in [2.45, 2.75) is 46.0 Å². The number of rotatable bonds is 6. The molecule has 102 valence electrons. The van der Waals surface area contributed by atoms with Crippen LogP contribution in [0.2, 0.25) is 0 Å². The highest BCUT2D eigenvalue weighted by atomic mass is 16.1. The van der Waals surface area contributed by atoms with Gasteiger partial charge in [0, 0.05) is 24.9 Å². The van der Waals surface area contributed by atoms with Gasteiger partial charge in [-0.3, -0.25) is 4.79 Å². The zero-order valence-electron chi connectivity index (χ0n) is 11.8. The van der Waals surface area contributed by atoms with E-state index in [1.54, 1.807) is 11.9 Å². The van der Waals surface area contributed by atoms with Gasteiger partial charge in [-0.25, -0.2) is 0 Å². The third-order valence-electron chi connectivity index (χ3n) is 3.28. The molecule has 1 aliphatic rings. The minimum atomic E-state index is 0.635. The molecular formula is C14H25N3O. The number of carbonyl (C=O) groups is 1. The van der Waals surface area contributed by atoms with Gasteiger partial charge in [-0.15, -0.1) is 0 Å². The number of nitrogens with one attached hydrogen (secondary N) is 2. The van der Waals surface area contributed by atoms with Gasteiger partial charge in [0.2, 0.25) is 6.41 Å². The topological polar surface area (TPSA) is 56.2 Å². The largest absolute Gasteiger partial charge is 0.371 e. The van der Waals surface area contributed by atoms with Crippen molar-refractivity contribution in [1.29, 1.82) is 5.41 Å².